The van der Waals surface area contributed by atoms with Crippen molar-refractivity contribution in [1.29, 1.82) is 0 Å². The first-order valence-electron chi connectivity index (χ1n) is 4.61. The number of halogens is 1. The van der Waals surface area contributed by atoms with Gasteiger partial charge in [0.25, 0.3) is 0 Å². The summed E-state index contributed by atoms with van der Waals surface area (Å²) in [4.78, 5) is 0. The van der Waals surface area contributed by atoms with Crippen LogP contribution in [0.1, 0.15) is 37.6 Å². The molecular formula is C11H15FO. The molecule has 0 saturated carbocycles. The number of aryl methyl sites for hydroxylation is 1. The van der Waals surface area contributed by atoms with Crippen molar-refractivity contribution in [2.45, 2.75) is 32.9 Å². The molecule has 0 radical (unpaired) electrons. The lowest BCUT2D eigenvalue weighted by atomic mass is 10.00. The molecular weight excluding hydrogens is 167 g/mol. The van der Waals surface area contributed by atoms with Gasteiger partial charge in [-0.15, -0.1) is 0 Å². The zero-order valence-electron chi connectivity index (χ0n) is 8.05. The molecule has 0 amide bonds. The van der Waals surface area contributed by atoms with E-state index in [4.69, 9.17) is 0 Å². The van der Waals surface area contributed by atoms with Crippen LogP contribution in [0.25, 0.3) is 0 Å². The average molecular weight is 182 g/mol. The van der Waals surface area contributed by atoms with Crippen LogP contribution < -0.4 is 0 Å². The summed E-state index contributed by atoms with van der Waals surface area (Å²) in [6.45, 7) is 3.55. The third-order valence-corrected chi connectivity index (χ3v) is 2.08. The van der Waals surface area contributed by atoms with Crippen LogP contribution in [0, 0.1) is 0 Å². The lowest BCUT2D eigenvalue weighted by Crippen LogP contribution is -1.94. The number of rotatable bonds is 3. The Morgan fingerprint density at radius 3 is 2.69 bits per heavy atom. The number of phenols is 1. The van der Waals surface area contributed by atoms with E-state index in [1.807, 2.05) is 0 Å². The van der Waals surface area contributed by atoms with Gasteiger partial charge < -0.3 is 5.11 Å². The minimum absolute atomic E-state index is 0.138. The van der Waals surface area contributed by atoms with Crippen molar-refractivity contribution in [3.05, 3.63) is 29.3 Å². The predicted molar refractivity (Wildman–Crippen MR) is 51.6 cm³/mol. The maximum absolute atomic E-state index is 13.1. The van der Waals surface area contributed by atoms with E-state index in [1.165, 1.54) is 13.0 Å². The van der Waals surface area contributed by atoms with E-state index in [-0.39, 0.29) is 5.75 Å². The molecule has 0 bridgehead atoms. The summed E-state index contributed by atoms with van der Waals surface area (Å²) in [5, 5.41) is 9.19. The fourth-order valence-corrected chi connectivity index (χ4v) is 1.45. The van der Waals surface area contributed by atoms with Crippen molar-refractivity contribution < 1.29 is 9.50 Å². The largest absolute Gasteiger partial charge is 0.508 e. The van der Waals surface area contributed by atoms with Crippen LogP contribution in [0.15, 0.2) is 18.2 Å². The molecule has 1 unspecified atom stereocenters. The first-order chi connectivity index (χ1) is 6.15. The second kappa shape index (κ2) is 4.26. The van der Waals surface area contributed by atoms with Crippen LogP contribution in [-0.4, -0.2) is 5.11 Å². The Bertz CT molecular complexity index is 281. The molecule has 13 heavy (non-hydrogen) atoms. The Morgan fingerprint density at radius 1 is 1.46 bits per heavy atom. The third-order valence-electron chi connectivity index (χ3n) is 2.08. The summed E-state index contributed by atoms with van der Waals surface area (Å²) in [6.07, 6.45) is 0.850. The molecule has 1 atom stereocenters. The molecule has 0 spiro atoms. The maximum Gasteiger partial charge on any atom is 0.123 e. The molecule has 72 valence electrons. The summed E-state index contributed by atoms with van der Waals surface area (Å²) in [6, 6.07) is 4.91. The van der Waals surface area contributed by atoms with Crippen LogP contribution in [-0.2, 0) is 6.42 Å². The Morgan fingerprint density at radius 2 is 2.15 bits per heavy atom. The zero-order valence-corrected chi connectivity index (χ0v) is 8.05. The van der Waals surface area contributed by atoms with Gasteiger partial charge in [-0.3, -0.25) is 0 Å². The average Bonchev–Trinajstić information content (AvgIpc) is 2.08. The highest BCUT2D eigenvalue weighted by atomic mass is 19.1. The maximum atomic E-state index is 13.1. The van der Waals surface area contributed by atoms with Gasteiger partial charge >= 0.3 is 0 Å². The van der Waals surface area contributed by atoms with Gasteiger partial charge in [0.15, 0.2) is 0 Å². The number of hydrogen-bond acceptors (Lipinski definition) is 1. The highest BCUT2D eigenvalue weighted by Gasteiger charge is 2.09. The van der Waals surface area contributed by atoms with E-state index in [1.54, 1.807) is 12.1 Å². The molecule has 1 nitrogen and oxygen atoms in total. The third kappa shape index (κ3) is 2.44. The van der Waals surface area contributed by atoms with E-state index >= 15 is 0 Å². The number of phenolic OH excluding ortho intramolecular Hbond substituents is 1. The van der Waals surface area contributed by atoms with E-state index in [2.05, 4.69) is 6.92 Å². The SMILES string of the molecule is CCCc1ccc(O)cc1C(C)F. The normalized spacial score (nSPS) is 12.8. The van der Waals surface area contributed by atoms with Gasteiger partial charge in [0, 0.05) is 0 Å². The number of benzene rings is 1. The first kappa shape index (κ1) is 10.0. The van der Waals surface area contributed by atoms with Crippen molar-refractivity contribution in [1.82, 2.24) is 0 Å². The minimum Gasteiger partial charge on any atom is -0.508 e. The summed E-state index contributed by atoms with van der Waals surface area (Å²) >= 11 is 0. The molecule has 0 aromatic heterocycles. The minimum atomic E-state index is -1.01. The second-order valence-electron chi connectivity index (χ2n) is 3.25. The highest BCUT2D eigenvalue weighted by Crippen LogP contribution is 2.25. The van der Waals surface area contributed by atoms with Crippen molar-refractivity contribution in [3.63, 3.8) is 0 Å². The summed E-state index contributed by atoms with van der Waals surface area (Å²) < 4.78 is 13.1. The van der Waals surface area contributed by atoms with E-state index in [0.717, 1.165) is 18.4 Å². The molecule has 1 aromatic rings. The van der Waals surface area contributed by atoms with Crippen LogP contribution in [0.2, 0.25) is 0 Å². The monoisotopic (exact) mass is 182 g/mol. The first-order valence-corrected chi connectivity index (χ1v) is 4.61. The Labute approximate surface area is 78.2 Å². The van der Waals surface area contributed by atoms with E-state index < -0.39 is 6.17 Å². The fraction of sp³-hybridized carbons (Fsp3) is 0.455. The van der Waals surface area contributed by atoms with Gasteiger partial charge in [-0.2, -0.15) is 0 Å². The van der Waals surface area contributed by atoms with E-state index in [0.29, 0.717) is 5.56 Å². The number of hydrogen-bond donors (Lipinski definition) is 1. The molecule has 0 heterocycles. The van der Waals surface area contributed by atoms with Gasteiger partial charge in [0.1, 0.15) is 11.9 Å². The summed E-state index contributed by atoms with van der Waals surface area (Å²) in [5.41, 5.74) is 1.61. The Kier molecular flexibility index (Phi) is 3.29. The van der Waals surface area contributed by atoms with Crippen molar-refractivity contribution in [3.8, 4) is 5.75 Å². The quantitative estimate of drug-likeness (QED) is 0.759. The van der Waals surface area contributed by atoms with Gasteiger partial charge in [-0.25, -0.2) is 4.39 Å². The van der Waals surface area contributed by atoms with Crippen LogP contribution in [0.4, 0.5) is 4.39 Å². The van der Waals surface area contributed by atoms with Gasteiger partial charge in [-0.05, 0) is 36.6 Å². The molecule has 0 aliphatic carbocycles. The van der Waals surface area contributed by atoms with Crippen LogP contribution in [0.3, 0.4) is 0 Å². The second-order valence-corrected chi connectivity index (χ2v) is 3.25. The van der Waals surface area contributed by atoms with Crippen LogP contribution >= 0.6 is 0 Å². The lowest BCUT2D eigenvalue weighted by molar-refractivity contribution is 0.369. The zero-order chi connectivity index (χ0) is 9.84. The van der Waals surface area contributed by atoms with Crippen molar-refractivity contribution in [2.24, 2.45) is 0 Å². The molecule has 0 fully saturated rings. The molecule has 0 saturated heterocycles. The molecule has 0 aliphatic heterocycles. The van der Waals surface area contributed by atoms with Gasteiger partial charge in [0.2, 0.25) is 0 Å². The van der Waals surface area contributed by atoms with E-state index in [9.17, 15) is 9.50 Å². The number of alkyl halides is 1. The van der Waals surface area contributed by atoms with Crippen molar-refractivity contribution in [2.75, 3.05) is 0 Å². The fourth-order valence-electron chi connectivity index (χ4n) is 1.45. The molecule has 1 rings (SSSR count). The smallest absolute Gasteiger partial charge is 0.123 e. The van der Waals surface area contributed by atoms with Crippen molar-refractivity contribution >= 4 is 0 Å². The van der Waals surface area contributed by atoms with Crippen LogP contribution in [0.5, 0.6) is 5.75 Å². The molecule has 0 aliphatic rings. The Hall–Kier alpha value is -1.05. The molecule has 1 N–H and O–H groups in total. The molecule has 2 heteroatoms. The Balaban J connectivity index is 3.03. The molecule has 1 aromatic carbocycles. The summed E-state index contributed by atoms with van der Waals surface area (Å²) in [7, 11) is 0. The standard InChI is InChI=1S/C11H15FO/c1-3-4-9-5-6-10(13)7-11(9)8(2)12/h5-8,13H,3-4H2,1-2H3. The van der Waals surface area contributed by atoms with Gasteiger partial charge in [-0.1, -0.05) is 19.4 Å². The topological polar surface area (TPSA) is 20.2 Å². The summed E-state index contributed by atoms with van der Waals surface area (Å²) in [5.74, 6) is 0.138. The number of aromatic hydroxyl groups is 1. The highest BCUT2D eigenvalue weighted by molar-refractivity contribution is 5.36. The van der Waals surface area contributed by atoms with Gasteiger partial charge in [0.05, 0.1) is 0 Å². The lowest BCUT2D eigenvalue weighted by Gasteiger charge is -2.09. The predicted octanol–water partition coefficient (Wildman–Crippen LogP) is 3.38.